The molecule has 6 rings (SSSR count). The molecule has 5 aromatic rings. The number of benzene rings is 3. The van der Waals surface area contributed by atoms with E-state index in [0.717, 1.165) is 0 Å². The second-order valence-corrected chi connectivity index (χ2v) is 11.1. The lowest BCUT2D eigenvalue weighted by Gasteiger charge is -2.26. The molecule has 0 amide bonds. The molecule has 0 aliphatic carbocycles. The first-order valence-corrected chi connectivity index (χ1v) is 15.1. The molecule has 1 aliphatic heterocycles. The van der Waals surface area contributed by atoms with E-state index in [1.54, 1.807) is 55.5 Å². The molecule has 232 valence electrons. The van der Waals surface area contributed by atoms with Gasteiger partial charge in [0.15, 0.2) is 16.3 Å². The van der Waals surface area contributed by atoms with Crippen LogP contribution in [0, 0.1) is 0 Å². The number of nitrogens with zero attached hydrogens (tertiary/aromatic N) is 2. The quantitative estimate of drug-likeness (QED) is 0.226. The Bertz CT molecular complexity index is 2160. The Morgan fingerprint density at radius 1 is 0.957 bits per heavy atom. The number of rotatable bonds is 9. The summed E-state index contributed by atoms with van der Waals surface area (Å²) < 4.78 is 24.4. The van der Waals surface area contributed by atoms with Crippen molar-refractivity contribution in [2.75, 3.05) is 20.8 Å². The second-order valence-electron chi connectivity index (χ2n) is 10.1. The lowest BCUT2D eigenvalue weighted by Crippen LogP contribution is -2.40. The molecule has 3 aromatic carbocycles. The summed E-state index contributed by atoms with van der Waals surface area (Å²) in [5, 5.41) is 9.20. The highest BCUT2D eigenvalue weighted by atomic mass is 32.1. The maximum atomic E-state index is 14.2. The third-order valence-electron chi connectivity index (χ3n) is 7.41. The van der Waals surface area contributed by atoms with E-state index < -0.39 is 18.0 Å². The van der Waals surface area contributed by atoms with E-state index in [4.69, 9.17) is 23.6 Å². The first-order chi connectivity index (χ1) is 22.3. The fourth-order valence-electron chi connectivity index (χ4n) is 5.27. The molecule has 46 heavy (non-hydrogen) atoms. The van der Waals surface area contributed by atoms with Crippen molar-refractivity contribution in [1.82, 2.24) is 4.57 Å². The first kappa shape index (κ1) is 30.4. The van der Waals surface area contributed by atoms with Crippen LogP contribution in [0.3, 0.4) is 0 Å². The molecular weight excluding hydrogens is 608 g/mol. The molecule has 0 saturated carbocycles. The Balaban J connectivity index is 1.54. The van der Waals surface area contributed by atoms with E-state index in [1.165, 1.54) is 42.3 Å². The zero-order chi connectivity index (χ0) is 32.4. The Hall–Kier alpha value is -5.68. The summed E-state index contributed by atoms with van der Waals surface area (Å²) in [6, 6.07) is 23.4. The van der Waals surface area contributed by atoms with Gasteiger partial charge in [0.1, 0.15) is 11.5 Å². The van der Waals surface area contributed by atoms with Crippen molar-refractivity contribution >= 4 is 35.0 Å². The molecule has 0 radical (unpaired) electrons. The molecule has 0 spiro atoms. The molecule has 2 aromatic heterocycles. The Morgan fingerprint density at radius 3 is 2.37 bits per heavy atom. The van der Waals surface area contributed by atoms with Gasteiger partial charge in [0, 0.05) is 17.2 Å². The van der Waals surface area contributed by atoms with E-state index in [-0.39, 0.29) is 23.3 Å². The smallest absolute Gasteiger partial charge is 0.338 e. The van der Waals surface area contributed by atoms with Crippen molar-refractivity contribution in [3.8, 4) is 22.8 Å². The lowest BCUT2D eigenvalue weighted by atomic mass is 9.93. The van der Waals surface area contributed by atoms with Gasteiger partial charge in [0.25, 0.3) is 5.56 Å². The number of aromatic nitrogens is 1. The normalized spacial score (nSPS) is 14.4. The van der Waals surface area contributed by atoms with Crippen LogP contribution in [0.1, 0.15) is 40.2 Å². The van der Waals surface area contributed by atoms with E-state index in [1.807, 2.05) is 30.3 Å². The van der Waals surface area contributed by atoms with Gasteiger partial charge in [-0.25, -0.2) is 14.6 Å². The van der Waals surface area contributed by atoms with E-state index in [2.05, 4.69) is 0 Å². The molecule has 1 aliphatic rings. The Morgan fingerprint density at radius 2 is 1.70 bits per heavy atom. The van der Waals surface area contributed by atoms with Crippen molar-refractivity contribution in [1.29, 1.82) is 0 Å². The third kappa shape index (κ3) is 5.64. The molecule has 1 atom stereocenters. The van der Waals surface area contributed by atoms with Crippen molar-refractivity contribution in [3.05, 3.63) is 133 Å². The van der Waals surface area contributed by atoms with Gasteiger partial charge in [0.2, 0.25) is 0 Å². The van der Waals surface area contributed by atoms with Gasteiger partial charge >= 0.3 is 11.9 Å². The number of esters is 1. The number of hydrogen-bond donors (Lipinski definition) is 1. The zero-order valence-electron chi connectivity index (χ0n) is 25.1. The minimum atomic E-state index is -1.02. The number of carboxylic acids is 1. The zero-order valence-corrected chi connectivity index (χ0v) is 25.9. The molecule has 0 fully saturated rings. The fraction of sp³-hybridized carbons (Fsp3) is 0.143. The summed E-state index contributed by atoms with van der Waals surface area (Å²) in [6.45, 7) is 1.85. The van der Waals surface area contributed by atoms with E-state index in [9.17, 15) is 19.5 Å². The number of carboxylic acid groups (broad SMARTS) is 1. The molecule has 0 bridgehead atoms. The van der Waals surface area contributed by atoms with Crippen LogP contribution >= 0.6 is 11.3 Å². The largest absolute Gasteiger partial charge is 0.493 e. The standard InChI is InChI=1S/C35H28N2O8S/c1-4-44-34(41)29-30(21-8-6-5-7-9-21)36-35-37(31(29)23-14-16-26(42-2)27(18-23)43-3)32(38)28(46-35)19-24-15-17-25(45-24)20-10-12-22(13-11-20)33(39)40/h5-19,31H,4H2,1-3H3,(H,39,40)/b28-19-. The molecule has 3 heterocycles. The molecule has 0 saturated heterocycles. The molecular formula is C35H28N2O8S. The number of furan rings is 1. The Kier molecular flexibility index (Phi) is 8.41. The average Bonchev–Trinajstić information content (AvgIpc) is 3.68. The number of thiazole rings is 1. The highest BCUT2D eigenvalue weighted by Crippen LogP contribution is 2.38. The van der Waals surface area contributed by atoms with Crippen LogP contribution in [0.25, 0.3) is 23.1 Å². The number of methoxy groups -OCH3 is 2. The summed E-state index contributed by atoms with van der Waals surface area (Å²) in [4.78, 5) is 44.3. The number of carbonyl (C=O) groups excluding carboxylic acids is 1. The average molecular weight is 637 g/mol. The molecule has 11 heteroatoms. The predicted molar refractivity (Wildman–Crippen MR) is 172 cm³/mol. The first-order valence-electron chi connectivity index (χ1n) is 14.3. The number of aromatic carboxylic acids is 1. The van der Waals surface area contributed by atoms with Crippen LogP contribution in [0.5, 0.6) is 11.5 Å². The number of fused-ring (bicyclic) bond motifs is 1. The summed E-state index contributed by atoms with van der Waals surface area (Å²) in [7, 11) is 3.05. The maximum Gasteiger partial charge on any atom is 0.338 e. The van der Waals surface area contributed by atoms with Crippen LogP contribution in [-0.2, 0) is 9.53 Å². The fourth-order valence-corrected chi connectivity index (χ4v) is 6.25. The van der Waals surface area contributed by atoms with Gasteiger partial charge in [-0.3, -0.25) is 9.36 Å². The maximum absolute atomic E-state index is 14.2. The predicted octanol–water partition coefficient (Wildman–Crippen LogP) is 4.91. The van der Waals surface area contributed by atoms with Gasteiger partial charge in [-0.1, -0.05) is 59.9 Å². The highest BCUT2D eigenvalue weighted by molar-refractivity contribution is 7.07. The Labute approximate surface area is 266 Å². The van der Waals surface area contributed by atoms with Crippen molar-refractivity contribution in [3.63, 3.8) is 0 Å². The van der Waals surface area contributed by atoms with Gasteiger partial charge in [-0.05, 0) is 48.9 Å². The third-order valence-corrected chi connectivity index (χ3v) is 8.40. The summed E-state index contributed by atoms with van der Waals surface area (Å²) >= 11 is 1.17. The van der Waals surface area contributed by atoms with Crippen molar-refractivity contribution < 1.29 is 33.3 Å². The lowest BCUT2D eigenvalue weighted by molar-refractivity contribution is -0.138. The summed E-state index contributed by atoms with van der Waals surface area (Å²) in [5.74, 6) is 0.241. The van der Waals surface area contributed by atoms with Gasteiger partial charge in [0.05, 0.1) is 48.2 Å². The SMILES string of the molecule is CCOC(=O)C1=C(c2ccccc2)N=c2s/c(=C\c3ccc(-c4ccc(C(=O)O)cc4)o3)c(=O)n2C1c1ccc(OC)c(OC)c1. The van der Waals surface area contributed by atoms with E-state index in [0.29, 0.717) is 54.7 Å². The van der Waals surface area contributed by atoms with Crippen LogP contribution in [0.2, 0.25) is 0 Å². The van der Waals surface area contributed by atoms with Gasteiger partial charge in [-0.15, -0.1) is 0 Å². The number of ether oxygens (including phenoxy) is 3. The van der Waals surface area contributed by atoms with Crippen molar-refractivity contribution in [2.24, 2.45) is 4.99 Å². The topological polar surface area (TPSA) is 130 Å². The minimum Gasteiger partial charge on any atom is -0.493 e. The van der Waals surface area contributed by atoms with Crippen molar-refractivity contribution in [2.45, 2.75) is 13.0 Å². The summed E-state index contributed by atoms with van der Waals surface area (Å²) in [6.07, 6.45) is 1.63. The monoisotopic (exact) mass is 636 g/mol. The molecule has 1 N–H and O–H groups in total. The highest BCUT2D eigenvalue weighted by Gasteiger charge is 2.35. The van der Waals surface area contributed by atoms with Crippen LogP contribution in [0.4, 0.5) is 0 Å². The minimum absolute atomic E-state index is 0.132. The second kappa shape index (κ2) is 12.7. The van der Waals surface area contributed by atoms with Crippen LogP contribution < -0.4 is 24.4 Å². The number of hydrogen-bond acceptors (Lipinski definition) is 9. The molecule has 10 nitrogen and oxygen atoms in total. The molecule has 1 unspecified atom stereocenters. The summed E-state index contributed by atoms with van der Waals surface area (Å²) in [5.41, 5.74) is 2.38. The van der Waals surface area contributed by atoms with Crippen LogP contribution in [0.15, 0.2) is 105 Å². The van der Waals surface area contributed by atoms with Crippen LogP contribution in [-0.4, -0.2) is 42.4 Å². The van der Waals surface area contributed by atoms with E-state index >= 15 is 0 Å². The number of carbonyl (C=O) groups is 2. The van der Waals surface area contributed by atoms with Gasteiger partial charge < -0.3 is 23.7 Å². The van der Waals surface area contributed by atoms with Gasteiger partial charge in [-0.2, -0.15) is 0 Å².